The highest BCUT2D eigenvalue weighted by Crippen LogP contribution is 2.64. The van der Waals surface area contributed by atoms with Gasteiger partial charge in [-0.3, -0.25) is 0 Å². The molecule has 0 saturated heterocycles. The maximum absolute atomic E-state index is 14.0. The summed E-state index contributed by atoms with van der Waals surface area (Å²) >= 11 is 0. The molecule has 0 aliphatic heterocycles. The van der Waals surface area contributed by atoms with E-state index in [0.717, 1.165) is 12.1 Å². The molecular weight excluding hydrogens is 557 g/mol. The minimum absolute atomic E-state index is 0.152. The van der Waals surface area contributed by atoms with Gasteiger partial charge in [-0.25, -0.2) is 0 Å². The molecule has 0 heterocycles. The fourth-order valence-corrected chi connectivity index (χ4v) is 2.63. The molecule has 1 aromatic carbocycles. The van der Waals surface area contributed by atoms with E-state index in [1.54, 1.807) is 0 Å². The molecule has 0 amide bonds. The van der Waals surface area contributed by atoms with Crippen molar-refractivity contribution in [3.05, 3.63) is 35.9 Å². The molecule has 0 bridgehead atoms. The zero-order valence-electron chi connectivity index (χ0n) is 16.7. The number of halogens is 17. The topological polar surface area (TPSA) is 46.2 Å². The lowest BCUT2D eigenvalue weighted by atomic mass is 9.86. The Morgan fingerprint density at radius 3 is 1.25 bits per heavy atom. The van der Waals surface area contributed by atoms with Gasteiger partial charge in [-0.15, -0.1) is 0 Å². The maximum atomic E-state index is 14.0. The standard InChI is InChI=1S/C17H12F17NO/c18-10(19,9(36)8(35)6-7-4-2-1-3-5-7)11(20,21)12(22,23)13(24,25)14(26,27)15(28,29)16(30,31)17(32,33)34/h1-5,8-9,36H,6,35H2/t8-,9-/m0/s1. The van der Waals surface area contributed by atoms with Crippen LogP contribution in [-0.4, -0.2) is 64.9 Å². The van der Waals surface area contributed by atoms with E-state index in [-0.39, 0.29) is 5.56 Å². The van der Waals surface area contributed by atoms with Crippen molar-refractivity contribution in [1.29, 1.82) is 0 Å². The van der Waals surface area contributed by atoms with Crippen molar-refractivity contribution in [2.45, 2.75) is 66.2 Å². The molecule has 1 aromatic rings. The van der Waals surface area contributed by atoms with Crippen LogP contribution in [-0.2, 0) is 6.42 Å². The number of aliphatic hydroxyl groups excluding tert-OH is 1. The molecule has 210 valence electrons. The Morgan fingerprint density at radius 2 is 0.889 bits per heavy atom. The molecule has 2 atom stereocenters. The second kappa shape index (κ2) is 9.05. The molecular formula is C17H12F17NO. The number of nitrogens with two attached hydrogens (primary N) is 1. The number of hydrogen-bond acceptors (Lipinski definition) is 2. The minimum atomic E-state index is -8.72. The molecule has 0 aliphatic rings. The number of alkyl halides is 17. The second-order valence-corrected chi connectivity index (χ2v) is 7.37. The minimum Gasteiger partial charge on any atom is -0.385 e. The first-order valence-electron chi connectivity index (χ1n) is 8.85. The van der Waals surface area contributed by atoms with E-state index in [2.05, 4.69) is 0 Å². The van der Waals surface area contributed by atoms with Crippen LogP contribution in [0, 0.1) is 0 Å². The maximum Gasteiger partial charge on any atom is 0.460 e. The van der Waals surface area contributed by atoms with Crippen LogP contribution in [0.4, 0.5) is 74.6 Å². The van der Waals surface area contributed by atoms with E-state index in [1.165, 1.54) is 18.2 Å². The molecule has 2 nitrogen and oxygen atoms in total. The summed E-state index contributed by atoms with van der Waals surface area (Å²) in [7, 11) is 0. The van der Waals surface area contributed by atoms with Gasteiger partial charge in [0.15, 0.2) is 0 Å². The smallest absolute Gasteiger partial charge is 0.385 e. The lowest BCUT2D eigenvalue weighted by Gasteiger charge is -2.43. The highest BCUT2D eigenvalue weighted by molar-refractivity contribution is 5.19. The van der Waals surface area contributed by atoms with Gasteiger partial charge < -0.3 is 10.8 Å². The molecule has 0 fully saturated rings. The van der Waals surface area contributed by atoms with Gasteiger partial charge >= 0.3 is 47.6 Å². The zero-order valence-corrected chi connectivity index (χ0v) is 16.7. The largest absolute Gasteiger partial charge is 0.460 e. The van der Waals surface area contributed by atoms with Crippen LogP contribution >= 0.6 is 0 Å². The summed E-state index contributed by atoms with van der Waals surface area (Å²) in [6.45, 7) is 0. The first-order valence-corrected chi connectivity index (χ1v) is 8.85. The first-order chi connectivity index (χ1) is 15.7. The van der Waals surface area contributed by atoms with Crippen LogP contribution in [0.3, 0.4) is 0 Å². The van der Waals surface area contributed by atoms with Crippen molar-refractivity contribution in [3.63, 3.8) is 0 Å². The van der Waals surface area contributed by atoms with Gasteiger partial charge in [0.1, 0.15) is 6.10 Å². The van der Waals surface area contributed by atoms with Crippen LogP contribution in [0.15, 0.2) is 30.3 Å². The van der Waals surface area contributed by atoms with Crippen molar-refractivity contribution in [2.24, 2.45) is 5.73 Å². The van der Waals surface area contributed by atoms with Crippen LogP contribution < -0.4 is 5.73 Å². The highest BCUT2D eigenvalue weighted by Gasteiger charge is 2.95. The van der Waals surface area contributed by atoms with Crippen molar-refractivity contribution >= 4 is 0 Å². The van der Waals surface area contributed by atoms with Crippen LogP contribution in [0.2, 0.25) is 0 Å². The Labute approximate surface area is 188 Å². The van der Waals surface area contributed by atoms with Gasteiger partial charge in [-0.05, 0) is 12.0 Å². The Kier molecular flexibility index (Phi) is 8.04. The van der Waals surface area contributed by atoms with Crippen LogP contribution in [0.25, 0.3) is 0 Å². The molecule has 0 saturated carbocycles. The summed E-state index contributed by atoms with van der Waals surface area (Å²) in [6, 6.07) is 3.05. The summed E-state index contributed by atoms with van der Waals surface area (Å²) < 4.78 is 225. The Balaban J connectivity index is 3.53. The Hall–Kier alpha value is -2.05. The van der Waals surface area contributed by atoms with Crippen molar-refractivity contribution < 1.29 is 79.7 Å². The van der Waals surface area contributed by atoms with Gasteiger partial charge in [-0.2, -0.15) is 74.6 Å². The third kappa shape index (κ3) is 4.45. The van der Waals surface area contributed by atoms with Crippen molar-refractivity contribution in [3.8, 4) is 0 Å². The highest BCUT2D eigenvalue weighted by atomic mass is 19.4. The number of aliphatic hydroxyl groups is 1. The van der Waals surface area contributed by atoms with E-state index >= 15 is 0 Å². The van der Waals surface area contributed by atoms with E-state index in [9.17, 15) is 79.7 Å². The van der Waals surface area contributed by atoms with Gasteiger partial charge in [0.25, 0.3) is 0 Å². The lowest BCUT2D eigenvalue weighted by Crippen LogP contribution is -2.75. The molecule has 0 spiro atoms. The fourth-order valence-electron chi connectivity index (χ4n) is 2.63. The molecule has 0 radical (unpaired) electrons. The van der Waals surface area contributed by atoms with E-state index in [1.807, 2.05) is 0 Å². The average Bonchev–Trinajstić information content (AvgIpc) is 2.72. The molecule has 0 aliphatic carbocycles. The molecule has 3 N–H and O–H groups in total. The SMILES string of the molecule is N[C@@H](Cc1ccccc1)[C@H](O)C(F)(F)C(F)(F)C(F)(F)C(F)(F)C(F)(F)C(F)(F)C(F)(F)C(F)(F)F. The predicted octanol–water partition coefficient (Wildman–Crippen LogP) is 5.93. The van der Waals surface area contributed by atoms with Crippen molar-refractivity contribution in [1.82, 2.24) is 0 Å². The van der Waals surface area contributed by atoms with E-state index in [0.29, 0.717) is 0 Å². The second-order valence-electron chi connectivity index (χ2n) is 7.37. The monoisotopic (exact) mass is 569 g/mol. The Bertz CT molecular complexity index is 896. The van der Waals surface area contributed by atoms with E-state index < -0.39 is 66.2 Å². The number of hydrogen-bond donors (Lipinski definition) is 2. The molecule has 0 aromatic heterocycles. The average molecular weight is 569 g/mol. The molecule has 1 rings (SSSR count). The molecule has 19 heteroatoms. The van der Waals surface area contributed by atoms with E-state index in [4.69, 9.17) is 5.73 Å². The lowest BCUT2D eigenvalue weighted by molar-refractivity contribution is -0.464. The Morgan fingerprint density at radius 1 is 0.556 bits per heavy atom. The number of rotatable bonds is 10. The van der Waals surface area contributed by atoms with Gasteiger partial charge in [-0.1, -0.05) is 30.3 Å². The third-order valence-corrected chi connectivity index (χ3v) is 4.84. The summed E-state index contributed by atoms with van der Waals surface area (Å²) in [6.07, 6.45) is -13.2. The van der Waals surface area contributed by atoms with Gasteiger partial charge in [0.2, 0.25) is 0 Å². The van der Waals surface area contributed by atoms with Gasteiger partial charge in [0.05, 0.1) is 0 Å². The summed E-state index contributed by atoms with van der Waals surface area (Å²) in [5.41, 5.74) is 4.80. The zero-order chi connectivity index (χ0) is 29.0. The fraction of sp³-hybridized carbons (Fsp3) is 0.647. The first kappa shape index (κ1) is 32.0. The summed E-state index contributed by atoms with van der Waals surface area (Å²) in [4.78, 5) is 0. The van der Waals surface area contributed by atoms with Crippen LogP contribution in [0.1, 0.15) is 5.56 Å². The quantitative estimate of drug-likeness (QED) is 0.344. The van der Waals surface area contributed by atoms with Gasteiger partial charge in [0, 0.05) is 6.04 Å². The predicted molar refractivity (Wildman–Crippen MR) is 84.8 cm³/mol. The normalized spacial score (nSPS) is 17.2. The van der Waals surface area contributed by atoms with Crippen molar-refractivity contribution in [2.75, 3.05) is 0 Å². The van der Waals surface area contributed by atoms with Crippen LogP contribution in [0.5, 0.6) is 0 Å². The summed E-state index contributed by atoms with van der Waals surface area (Å²) in [5, 5.41) is 9.33. The molecule has 0 unspecified atom stereocenters. The third-order valence-electron chi connectivity index (χ3n) is 4.84. The molecule has 36 heavy (non-hydrogen) atoms. The summed E-state index contributed by atoms with van der Waals surface area (Å²) in [5.74, 6) is -57.7. The number of benzene rings is 1.